The number of hydrogen-bond acceptors (Lipinski definition) is 10. The van der Waals surface area contributed by atoms with Crippen molar-refractivity contribution >= 4 is 35.4 Å². The van der Waals surface area contributed by atoms with Crippen molar-refractivity contribution in [3.8, 4) is 23.0 Å². The standard InChI is InChI=1S/C25H22N4O9/c1-35-16-9-11-20(36-2)18(13-16)27-23(30)24(31)28-26-14-15-8-10-21(22(12-15)37-3)38-25(32)17-6-4-5-7-19(17)29(33)34/h4-14H,1-3H3,(H,27,30)(H,28,31)/b26-14+. The van der Waals surface area contributed by atoms with Crippen molar-refractivity contribution in [3.63, 3.8) is 0 Å². The topological polar surface area (TPSA) is 168 Å². The van der Waals surface area contributed by atoms with Crippen molar-refractivity contribution in [1.29, 1.82) is 0 Å². The van der Waals surface area contributed by atoms with Gasteiger partial charge in [-0.15, -0.1) is 0 Å². The van der Waals surface area contributed by atoms with Gasteiger partial charge in [0.15, 0.2) is 11.5 Å². The van der Waals surface area contributed by atoms with E-state index in [9.17, 15) is 24.5 Å². The van der Waals surface area contributed by atoms with Crippen LogP contribution in [0.1, 0.15) is 15.9 Å². The molecule has 0 fully saturated rings. The number of carbonyl (C=O) groups is 3. The smallest absolute Gasteiger partial charge is 0.350 e. The first-order valence-corrected chi connectivity index (χ1v) is 10.8. The highest BCUT2D eigenvalue weighted by atomic mass is 16.6. The zero-order valence-electron chi connectivity index (χ0n) is 20.4. The molecule has 0 saturated heterocycles. The molecule has 0 bridgehead atoms. The van der Waals surface area contributed by atoms with Crippen molar-refractivity contribution in [1.82, 2.24) is 5.43 Å². The van der Waals surface area contributed by atoms with Gasteiger partial charge in [0.2, 0.25) is 0 Å². The van der Waals surface area contributed by atoms with Crippen molar-refractivity contribution in [2.45, 2.75) is 0 Å². The normalized spacial score (nSPS) is 10.4. The molecule has 13 heteroatoms. The van der Waals surface area contributed by atoms with Gasteiger partial charge in [-0.3, -0.25) is 19.7 Å². The Hall–Kier alpha value is -5.46. The van der Waals surface area contributed by atoms with E-state index in [1.807, 2.05) is 0 Å². The number of amides is 2. The van der Waals surface area contributed by atoms with Crippen molar-refractivity contribution in [2.24, 2.45) is 5.10 Å². The molecule has 0 heterocycles. The number of hydrogen-bond donors (Lipinski definition) is 2. The minimum atomic E-state index is -1.05. The highest BCUT2D eigenvalue weighted by Gasteiger charge is 2.22. The summed E-state index contributed by atoms with van der Waals surface area (Å²) in [5.41, 5.74) is 2.12. The molecule has 0 atom stereocenters. The predicted molar refractivity (Wildman–Crippen MR) is 135 cm³/mol. The van der Waals surface area contributed by atoms with Crippen LogP contribution < -0.4 is 29.7 Å². The highest BCUT2D eigenvalue weighted by Crippen LogP contribution is 2.30. The molecule has 38 heavy (non-hydrogen) atoms. The van der Waals surface area contributed by atoms with Gasteiger partial charge in [-0.25, -0.2) is 10.2 Å². The summed E-state index contributed by atoms with van der Waals surface area (Å²) in [7, 11) is 4.20. The highest BCUT2D eigenvalue weighted by molar-refractivity contribution is 6.39. The number of benzene rings is 3. The Labute approximate surface area is 216 Å². The van der Waals surface area contributed by atoms with E-state index in [1.165, 1.54) is 76.1 Å². The molecular weight excluding hydrogens is 500 g/mol. The molecule has 13 nitrogen and oxygen atoms in total. The summed E-state index contributed by atoms with van der Waals surface area (Å²) in [4.78, 5) is 47.4. The van der Waals surface area contributed by atoms with Gasteiger partial charge >= 0.3 is 17.8 Å². The van der Waals surface area contributed by atoms with Crippen LogP contribution in [-0.2, 0) is 9.59 Å². The van der Waals surface area contributed by atoms with Gasteiger partial charge in [0.05, 0.1) is 38.2 Å². The first kappa shape index (κ1) is 27.1. The quantitative estimate of drug-likeness (QED) is 0.107. The summed E-state index contributed by atoms with van der Waals surface area (Å²) < 4.78 is 20.8. The molecule has 0 unspecified atom stereocenters. The molecule has 0 aliphatic heterocycles. The van der Waals surface area contributed by atoms with Gasteiger partial charge in [0.25, 0.3) is 5.69 Å². The van der Waals surface area contributed by atoms with E-state index in [-0.39, 0.29) is 22.7 Å². The van der Waals surface area contributed by atoms with Crippen LogP contribution in [0.25, 0.3) is 0 Å². The lowest BCUT2D eigenvalue weighted by Crippen LogP contribution is -2.32. The van der Waals surface area contributed by atoms with Gasteiger partial charge in [-0.05, 0) is 42.0 Å². The molecule has 196 valence electrons. The van der Waals surface area contributed by atoms with Crippen molar-refractivity contribution in [3.05, 3.63) is 81.9 Å². The Balaban J connectivity index is 1.66. The van der Waals surface area contributed by atoms with E-state index in [1.54, 1.807) is 12.1 Å². The fourth-order valence-electron chi connectivity index (χ4n) is 3.12. The molecule has 0 saturated carbocycles. The molecule has 0 spiro atoms. The number of nitro benzene ring substituents is 1. The first-order chi connectivity index (χ1) is 18.3. The van der Waals surface area contributed by atoms with Crippen LogP contribution in [0.5, 0.6) is 23.0 Å². The maximum Gasteiger partial charge on any atom is 0.350 e. The minimum Gasteiger partial charge on any atom is -0.497 e. The Morgan fingerprint density at radius 3 is 2.26 bits per heavy atom. The third kappa shape index (κ3) is 6.60. The number of ether oxygens (including phenoxy) is 4. The van der Waals surface area contributed by atoms with E-state index in [2.05, 4.69) is 15.8 Å². The van der Waals surface area contributed by atoms with E-state index >= 15 is 0 Å². The summed E-state index contributed by atoms with van der Waals surface area (Å²) >= 11 is 0. The number of carbonyl (C=O) groups excluding carboxylic acids is 3. The van der Waals surface area contributed by atoms with Crippen molar-refractivity contribution < 1.29 is 38.3 Å². The van der Waals surface area contributed by atoms with Gasteiger partial charge < -0.3 is 24.3 Å². The number of methoxy groups -OCH3 is 3. The second-order valence-corrected chi connectivity index (χ2v) is 7.29. The second-order valence-electron chi connectivity index (χ2n) is 7.29. The van der Waals surface area contributed by atoms with Crippen LogP contribution in [0.4, 0.5) is 11.4 Å². The average Bonchev–Trinajstić information content (AvgIpc) is 2.93. The Bertz CT molecular complexity index is 1410. The van der Waals surface area contributed by atoms with E-state index in [0.29, 0.717) is 17.1 Å². The molecule has 3 rings (SSSR count). The zero-order valence-corrected chi connectivity index (χ0v) is 20.4. The number of hydrazone groups is 1. The van der Waals surface area contributed by atoms with E-state index in [0.717, 1.165) is 0 Å². The number of nitro groups is 1. The minimum absolute atomic E-state index is 0.00320. The first-order valence-electron chi connectivity index (χ1n) is 10.8. The van der Waals surface area contributed by atoms with Crippen LogP contribution >= 0.6 is 0 Å². The predicted octanol–water partition coefficient (Wildman–Crippen LogP) is 2.93. The Morgan fingerprint density at radius 1 is 0.868 bits per heavy atom. The summed E-state index contributed by atoms with van der Waals surface area (Å²) in [5.74, 6) is -2.09. The molecule has 2 amide bonds. The monoisotopic (exact) mass is 522 g/mol. The number of rotatable bonds is 9. The fraction of sp³-hybridized carbons (Fsp3) is 0.120. The summed E-state index contributed by atoms with van der Waals surface area (Å²) in [6.07, 6.45) is 1.23. The second kappa shape index (κ2) is 12.5. The number of anilines is 1. The lowest BCUT2D eigenvalue weighted by molar-refractivity contribution is -0.385. The lowest BCUT2D eigenvalue weighted by Gasteiger charge is -2.11. The number of nitrogens with zero attached hydrogens (tertiary/aromatic N) is 2. The number of nitrogens with one attached hydrogen (secondary N) is 2. The molecule has 0 aliphatic rings. The lowest BCUT2D eigenvalue weighted by atomic mass is 10.2. The van der Waals surface area contributed by atoms with Crippen molar-refractivity contribution in [2.75, 3.05) is 26.6 Å². The van der Waals surface area contributed by atoms with Crippen LogP contribution in [0.15, 0.2) is 65.8 Å². The fourth-order valence-corrected chi connectivity index (χ4v) is 3.12. The van der Waals surface area contributed by atoms with Gasteiger partial charge in [0.1, 0.15) is 17.1 Å². The number of para-hydroxylation sites is 1. The summed E-state index contributed by atoms with van der Waals surface area (Å²) in [6.45, 7) is 0. The molecule has 2 N–H and O–H groups in total. The van der Waals surface area contributed by atoms with E-state index in [4.69, 9.17) is 18.9 Å². The molecule has 0 aliphatic carbocycles. The van der Waals surface area contributed by atoms with Crippen LogP contribution in [0, 0.1) is 10.1 Å². The summed E-state index contributed by atoms with van der Waals surface area (Å²) in [6, 6.07) is 14.4. The van der Waals surface area contributed by atoms with Gasteiger partial charge in [0, 0.05) is 12.1 Å². The largest absolute Gasteiger partial charge is 0.497 e. The molecule has 3 aromatic carbocycles. The Kier molecular flexibility index (Phi) is 8.91. The maximum absolute atomic E-state index is 12.5. The third-order valence-corrected chi connectivity index (χ3v) is 4.95. The van der Waals surface area contributed by atoms with E-state index < -0.39 is 28.4 Å². The average molecular weight is 522 g/mol. The molecule has 0 radical (unpaired) electrons. The van der Waals surface area contributed by atoms with Gasteiger partial charge in [-0.2, -0.15) is 5.10 Å². The van der Waals surface area contributed by atoms with Crippen LogP contribution in [0.2, 0.25) is 0 Å². The van der Waals surface area contributed by atoms with Crippen LogP contribution in [0.3, 0.4) is 0 Å². The Morgan fingerprint density at radius 2 is 1.58 bits per heavy atom. The molecule has 3 aromatic rings. The molecular formula is C25H22N4O9. The zero-order chi connectivity index (χ0) is 27.7. The van der Waals surface area contributed by atoms with Crippen LogP contribution in [-0.4, -0.2) is 50.3 Å². The molecule has 0 aromatic heterocycles. The SMILES string of the molecule is COc1ccc(OC)c(NC(=O)C(=O)N/N=C/c2ccc(OC(=O)c3ccccc3[N+](=O)[O-])c(OC)c2)c1. The summed E-state index contributed by atoms with van der Waals surface area (Å²) in [5, 5.41) is 17.3. The third-order valence-electron chi connectivity index (χ3n) is 4.95. The number of esters is 1. The van der Waals surface area contributed by atoms with Gasteiger partial charge in [-0.1, -0.05) is 12.1 Å². The maximum atomic E-state index is 12.5.